The van der Waals surface area contributed by atoms with Crippen LogP contribution in [0.25, 0.3) is 0 Å². The molecule has 0 rings (SSSR count). The predicted molar refractivity (Wildman–Crippen MR) is 266 cm³/mol. The molecule has 366 valence electrons. The van der Waals surface area contributed by atoms with Crippen molar-refractivity contribution in [2.75, 3.05) is 33.0 Å². The largest absolute Gasteiger partial charge is 0.472 e. The predicted octanol–water partition coefficient (Wildman–Crippen LogP) is 16.5. The van der Waals surface area contributed by atoms with Crippen molar-refractivity contribution in [2.45, 2.75) is 264 Å². The lowest BCUT2D eigenvalue weighted by molar-refractivity contribution is -0.154. The second-order valence-corrected chi connectivity index (χ2v) is 19.2. The van der Waals surface area contributed by atoms with Crippen molar-refractivity contribution in [2.24, 2.45) is 5.73 Å². The van der Waals surface area contributed by atoms with Crippen LogP contribution in [0, 0.1) is 0 Å². The van der Waals surface area contributed by atoms with Gasteiger partial charge in [-0.15, -0.1) is 0 Å². The minimum atomic E-state index is -4.28. The van der Waals surface area contributed by atoms with Crippen LogP contribution in [0.2, 0.25) is 0 Å². The maximum absolute atomic E-state index is 12.7. The highest BCUT2D eigenvalue weighted by molar-refractivity contribution is 7.47. The highest BCUT2D eigenvalue weighted by Gasteiger charge is 2.25. The minimum absolute atomic E-state index is 0.0957. The summed E-state index contributed by atoms with van der Waals surface area (Å²) in [6.45, 7) is 4.95. The molecular formula is C53H102NO7P. The van der Waals surface area contributed by atoms with Crippen LogP contribution in [0.5, 0.6) is 0 Å². The standard InChI is InChI=1S/C53H102NO7P/c1-3-5-7-9-11-13-15-17-19-21-23-25-26-27-28-30-32-34-36-38-40-42-44-46-53(55)61-52(51-60-62(56,57)59-49-47-54)50-58-48-45-43-41-39-37-35-33-31-29-24-22-20-18-16-14-12-10-8-6-4-2/h15,17,21,23,26-27,52H,3-14,16,18-20,22,24-25,28-51,54H2,1-2H3,(H,56,57)/b17-15-,23-21-,27-26-. The Balaban J connectivity index is 3.93. The van der Waals surface area contributed by atoms with Crippen LogP contribution in [-0.4, -0.2) is 49.9 Å². The lowest BCUT2D eigenvalue weighted by Gasteiger charge is -2.20. The molecule has 0 aliphatic carbocycles. The molecule has 8 nitrogen and oxygen atoms in total. The van der Waals surface area contributed by atoms with Crippen LogP contribution < -0.4 is 5.73 Å². The van der Waals surface area contributed by atoms with Gasteiger partial charge in [-0.3, -0.25) is 13.8 Å². The van der Waals surface area contributed by atoms with Crippen molar-refractivity contribution in [3.63, 3.8) is 0 Å². The molecule has 2 atom stereocenters. The van der Waals surface area contributed by atoms with E-state index in [9.17, 15) is 14.3 Å². The van der Waals surface area contributed by atoms with E-state index in [2.05, 4.69) is 50.3 Å². The van der Waals surface area contributed by atoms with Gasteiger partial charge in [-0.05, 0) is 51.4 Å². The highest BCUT2D eigenvalue weighted by atomic mass is 31.2. The molecule has 0 aliphatic heterocycles. The number of allylic oxidation sites excluding steroid dienone is 6. The number of carbonyl (C=O) groups excluding carboxylic acids is 1. The third kappa shape index (κ3) is 49.7. The lowest BCUT2D eigenvalue weighted by atomic mass is 10.0. The van der Waals surface area contributed by atoms with Crippen LogP contribution in [0.4, 0.5) is 0 Å². The van der Waals surface area contributed by atoms with Gasteiger partial charge in [0.1, 0.15) is 6.10 Å². The van der Waals surface area contributed by atoms with Crippen LogP contribution in [0.3, 0.4) is 0 Å². The minimum Gasteiger partial charge on any atom is -0.457 e. The van der Waals surface area contributed by atoms with Gasteiger partial charge in [0.15, 0.2) is 0 Å². The molecule has 0 fully saturated rings. The molecule has 0 aromatic heterocycles. The van der Waals surface area contributed by atoms with Gasteiger partial charge in [-0.1, -0.05) is 237 Å². The van der Waals surface area contributed by atoms with Crippen LogP contribution in [-0.2, 0) is 27.9 Å². The fraction of sp³-hybridized carbons (Fsp3) is 0.868. The molecule has 0 saturated carbocycles. The number of phosphoric acid groups is 1. The van der Waals surface area contributed by atoms with Gasteiger partial charge in [-0.25, -0.2) is 4.57 Å². The number of phosphoric ester groups is 1. The first-order valence-corrected chi connectivity index (χ1v) is 28.0. The molecule has 0 bridgehead atoms. The van der Waals surface area contributed by atoms with Crippen molar-refractivity contribution in [3.05, 3.63) is 36.5 Å². The number of esters is 1. The van der Waals surface area contributed by atoms with E-state index in [1.807, 2.05) is 0 Å². The van der Waals surface area contributed by atoms with E-state index in [4.69, 9.17) is 24.3 Å². The Morgan fingerprint density at radius 2 is 0.855 bits per heavy atom. The monoisotopic (exact) mass is 896 g/mol. The first-order valence-electron chi connectivity index (χ1n) is 26.5. The van der Waals surface area contributed by atoms with E-state index in [-0.39, 0.29) is 32.3 Å². The van der Waals surface area contributed by atoms with Gasteiger partial charge in [0.05, 0.1) is 19.8 Å². The number of carbonyl (C=O) groups is 1. The quantitative estimate of drug-likeness (QED) is 0.0268. The summed E-state index contributed by atoms with van der Waals surface area (Å²) in [5.41, 5.74) is 5.39. The first kappa shape index (κ1) is 60.7. The Labute approximate surface area is 384 Å². The maximum Gasteiger partial charge on any atom is 0.472 e. The van der Waals surface area contributed by atoms with E-state index in [1.165, 1.54) is 186 Å². The summed E-state index contributed by atoms with van der Waals surface area (Å²) in [6.07, 6.45) is 60.3. The van der Waals surface area contributed by atoms with Crippen LogP contribution in [0.15, 0.2) is 36.5 Å². The molecule has 0 amide bonds. The van der Waals surface area contributed by atoms with Crippen molar-refractivity contribution >= 4 is 13.8 Å². The second-order valence-electron chi connectivity index (χ2n) is 17.7. The second kappa shape index (κ2) is 50.7. The number of hydrogen-bond donors (Lipinski definition) is 2. The molecular weight excluding hydrogens is 794 g/mol. The summed E-state index contributed by atoms with van der Waals surface area (Å²) in [7, 11) is -4.28. The molecule has 0 heterocycles. The van der Waals surface area contributed by atoms with Crippen molar-refractivity contribution in [1.82, 2.24) is 0 Å². The molecule has 3 N–H and O–H groups in total. The average Bonchev–Trinajstić information content (AvgIpc) is 3.26. The summed E-state index contributed by atoms with van der Waals surface area (Å²) in [6, 6.07) is 0. The number of nitrogens with two attached hydrogens (primary N) is 1. The highest BCUT2D eigenvalue weighted by Crippen LogP contribution is 2.43. The maximum atomic E-state index is 12.7. The number of rotatable bonds is 51. The number of unbranched alkanes of at least 4 members (excludes halogenated alkanes) is 32. The Bertz CT molecular complexity index is 1050. The molecule has 2 unspecified atom stereocenters. The summed E-state index contributed by atoms with van der Waals surface area (Å²) in [4.78, 5) is 22.6. The molecule has 0 aromatic carbocycles. The normalized spacial score (nSPS) is 13.5. The summed E-state index contributed by atoms with van der Waals surface area (Å²) in [5.74, 6) is -0.333. The molecule has 0 spiro atoms. The van der Waals surface area contributed by atoms with Gasteiger partial charge >= 0.3 is 13.8 Å². The lowest BCUT2D eigenvalue weighted by Crippen LogP contribution is -2.28. The van der Waals surface area contributed by atoms with E-state index >= 15 is 0 Å². The smallest absolute Gasteiger partial charge is 0.457 e. The average molecular weight is 896 g/mol. The number of hydrogen-bond acceptors (Lipinski definition) is 7. The van der Waals surface area contributed by atoms with Gasteiger partial charge in [0, 0.05) is 19.6 Å². The van der Waals surface area contributed by atoms with Gasteiger partial charge < -0.3 is 20.1 Å². The Morgan fingerprint density at radius 1 is 0.484 bits per heavy atom. The van der Waals surface area contributed by atoms with E-state index in [1.54, 1.807) is 0 Å². The van der Waals surface area contributed by atoms with Crippen molar-refractivity contribution in [3.8, 4) is 0 Å². The summed E-state index contributed by atoms with van der Waals surface area (Å²) in [5, 5.41) is 0. The van der Waals surface area contributed by atoms with E-state index in [0.29, 0.717) is 13.0 Å². The van der Waals surface area contributed by atoms with Crippen molar-refractivity contribution < 1.29 is 32.8 Å². The van der Waals surface area contributed by atoms with Crippen LogP contribution in [0.1, 0.15) is 258 Å². The Morgan fingerprint density at radius 3 is 1.27 bits per heavy atom. The van der Waals surface area contributed by atoms with Gasteiger partial charge in [-0.2, -0.15) is 0 Å². The SMILES string of the molecule is CCCCCCC/C=C\C/C=C\C/C=C\CCCCCCCCCCC(=O)OC(COCCCCCCCCCCCCCCCCCCCCCC)COP(=O)(O)OCCN. The topological polar surface area (TPSA) is 117 Å². The molecule has 0 saturated heterocycles. The number of ether oxygens (including phenoxy) is 2. The zero-order chi connectivity index (χ0) is 45.1. The van der Waals surface area contributed by atoms with E-state index < -0.39 is 13.9 Å². The molecule has 0 aliphatic rings. The fourth-order valence-electron chi connectivity index (χ4n) is 7.65. The van der Waals surface area contributed by atoms with Gasteiger partial charge in [0.2, 0.25) is 0 Å². The van der Waals surface area contributed by atoms with E-state index in [0.717, 1.165) is 51.4 Å². The fourth-order valence-corrected chi connectivity index (χ4v) is 8.42. The summed E-state index contributed by atoms with van der Waals surface area (Å²) >= 11 is 0. The Kier molecular flexibility index (Phi) is 49.7. The zero-order valence-electron chi connectivity index (χ0n) is 40.9. The third-order valence-electron chi connectivity index (χ3n) is 11.6. The summed E-state index contributed by atoms with van der Waals surface area (Å²) < 4.78 is 33.6. The molecule has 62 heavy (non-hydrogen) atoms. The Hall–Kier alpha value is -1.28. The van der Waals surface area contributed by atoms with Crippen LogP contribution >= 0.6 is 7.82 Å². The zero-order valence-corrected chi connectivity index (χ0v) is 41.8. The molecule has 9 heteroatoms. The first-order chi connectivity index (χ1) is 30.4. The van der Waals surface area contributed by atoms with Crippen molar-refractivity contribution in [1.29, 1.82) is 0 Å². The van der Waals surface area contributed by atoms with Gasteiger partial charge in [0.25, 0.3) is 0 Å². The molecule has 0 aromatic rings. The molecule has 0 radical (unpaired) electrons. The third-order valence-corrected chi connectivity index (χ3v) is 12.5.